The Morgan fingerprint density at radius 2 is 2.07 bits per heavy atom. The summed E-state index contributed by atoms with van der Waals surface area (Å²) in [6.07, 6.45) is 0. The molecule has 0 amide bonds. The second kappa shape index (κ2) is 4.61. The number of nitrogens with zero attached hydrogens (tertiary/aromatic N) is 1. The van der Waals surface area contributed by atoms with E-state index >= 15 is 0 Å². The number of hydrogen-bond donors (Lipinski definition) is 2. The number of phenols is 1. The van der Waals surface area contributed by atoms with E-state index in [-0.39, 0.29) is 23.8 Å². The lowest BCUT2D eigenvalue weighted by atomic mass is 10.3. The number of phenolic OH excluding ortho intramolecular Hbond substituents is 1. The molecule has 0 bridgehead atoms. The third-order valence-electron chi connectivity index (χ3n) is 1.94. The minimum atomic E-state index is -3.61. The first-order valence-electron chi connectivity index (χ1n) is 4.34. The molecule has 15 heavy (non-hydrogen) atoms. The lowest BCUT2D eigenvalue weighted by Gasteiger charge is -2.15. The monoisotopic (exact) mass is 231 g/mol. The first kappa shape index (κ1) is 12.0. The van der Waals surface area contributed by atoms with Crippen molar-refractivity contribution in [3.05, 3.63) is 24.3 Å². The third-order valence-corrected chi connectivity index (χ3v) is 3.79. The second-order valence-corrected chi connectivity index (χ2v) is 5.09. The van der Waals surface area contributed by atoms with Gasteiger partial charge < -0.3 is 10.2 Å². The first-order valence-corrected chi connectivity index (χ1v) is 5.78. The third kappa shape index (κ3) is 2.68. The molecule has 0 atom stereocenters. The van der Waals surface area contributed by atoms with Gasteiger partial charge in [-0.05, 0) is 18.2 Å². The molecule has 1 aromatic rings. The number of hydrogen-bond acceptors (Lipinski definition) is 4. The quantitative estimate of drug-likeness (QED) is 0.765. The Bertz CT molecular complexity index is 429. The van der Waals surface area contributed by atoms with Gasteiger partial charge >= 0.3 is 0 Å². The van der Waals surface area contributed by atoms with Crippen LogP contribution < -0.4 is 0 Å². The summed E-state index contributed by atoms with van der Waals surface area (Å²) in [4.78, 5) is 0.0125. The van der Waals surface area contributed by atoms with Crippen LogP contribution in [0.5, 0.6) is 5.75 Å². The number of aliphatic hydroxyl groups excluding tert-OH is 1. The van der Waals surface area contributed by atoms with E-state index < -0.39 is 10.0 Å². The standard InChI is InChI=1S/C9H13NO4S/c1-10(5-6-11)15(13,14)9-4-2-3-8(12)7-9/h2-4,7,11-12H,5-6H2,1H3. The van der Waals surface area contributed by atoms with Crippen molar-refractivity contribution < 1.29 is 18.6 Å². The molecule has 0 aliphatic rings. The predicted octanol–water partition coefficient (Wildman–Crippen LogP) is 0.00500. The Kier molecular flexibility index (Phi) is 3.67. The molecular formula is C9H13NO4S. The maximum absolute atomic E-state index is 11.8. The number of likely N-dealkylation sites (N-methyl/N-ethyl adjacent to an activating group) is 1. The molecular weight excluding hydrogens is 218 g/mol. The molecule has 84 valence electrons. The van der Waals surface area contributed by atoms with Crippen molar-refractivity contribution in [1.82, 2.24) is 4.31 Å². The second-order valence-electron chi connectivity index (χ2n) is 3.05. The molecule has 5 nitrogen and oxygen atoms in total. The van der Waals surface area contributed by atoms with Gasteiger partial charge in [0.2, 0.25) is 10.0 Å². The summed E-state index contributed by atoms with van der Waals surface area (Å²) in [6.45, 7) is -0.216. The van der Waals surface area contributed by atoms with Gasteiger partial charge in [-0.25, -0.2) is 8.42 Å². The van der Waals surface area contributed by atoms with Crippen LogP contribution in [0.2, 0.25) is 0 Å². The van der Waals surface area contributed by atoms with Crippen molar-refractivity contribution in [3.63, 3.8) is 0 Å². The molecule has 0 unspecified atom stereocenters. The molecule has 0 saturated carbocycles. The number of aliphatic hydroxyl groups is 1. The number of sulfonamides is 1. The summed E-state index contributed by atoms with van der Waals surface area (Å²) >= 11 is 0. The van der Waals surface area contributed by atoms with E-state index in [1.54, 1.807) is 0 Å². The summed E-state index contributed by atoms with van der Waals surface area (Å²) in [5, 5.41) is 17.8. The van der Waals surface area contributed by atoms with Crippen LogP contribution in [0.3, 0.4) is 0 Å². The Balaban J connectivity index is 3.06. The zero-order valence-electron chi connectivity index (χ0n) is 8.29. The van der Waals surface area contributed by atoms with Crippen molar-refractivity contribution >= 4 is 10.0 Å². The minimum absolute atomic E-state index is 0.0125. The molecule has 0 aliphatic carbocycles. The fraction of sp³-hybridized carbons (Fsp3) is 0.333. The van der Waals surface area contributed by atoms with Crippen molar-refractivity contribution in [1.29, 1.82) is 0 Å². The van der Waals surface area contributed by atoms with Gasteiger partial charge in [-0.1, -0.05) is 6.07 Å². The molecule has 0 saturated heterocycles. The van der Waals surface area contributed by atoms with Gasteiger partial charge in [-0.15, -0.1) is 0 Å². The minimum Gasteiger partial charge on any atom is -0.508 e. The van der Waals surface area contributed by atoms with Gasteiger partial charge in [-0.3, -0.25) is 0 Å². The van der Waals surface area contributed by atoms with E-state index in [9.17, 15) is 8.42 Å². The summed E-state index contributed by atoms with van der Waals surface area (Å²) in [5.41, 5.74) is 0. The zero-order chi connectivity index (χ0) is 11.5. The number of benzene rings is 1. The largest absolute Gasteiger partial charge is 0.508 e. The molecule has 0 aliphatic heterocycles. The molecule has 0 aromatic heterocycles. The van der Waals surface area contributed by atoms with Crippen LogP contribution in [0.4, 0.5) is 0 Å². The molecule has 0 radical (unpaired) electrons. The van der Waals surface area contributed by atoms with Crippen molar-refractivity contribution in [2.45, 2.75) is 4.90 Å². The predicted molar refractivity (Wildman–Crippen MR) is 55.0 cm³/mol. The molecule has 6 heteroatoms. The molecule has 1 rings (SSSR count). The average Bonchev–Trinajstić information content (AvgIpc) is 2.18. The average molecular weight is 231 g/mol. The van der Waals surface area contributed by atoms with Gasteiger partial charge in [0.05, 0.1) is 11.5 Å². The van der Waals surface area contributed by atoms with E-state index in [0.29, 0.717) is 0 Å². The van der Waals surface area contributed by atoms with E-state index in [1.807, 2.05) is 0 Å². The molecule has 0 spiro atoms. The molecule has 0 heterocycles. The fourth-order valence-electron chi connectivity index (χ4n) is 1.08. The highest BCUT2D eigenvalue weighted by atomic mass is 32.2. The SMILES string of the molecule is CN(CCO)S(=O)(=O)c1cccc(O)c1. The van der Waals surface area contributed by atoms with Crippen LogP contribution in [-0.4, -0.2) is 43.1 Å². The highest BCUT2D eigenvalue weighted by Crippen LogP contribution is 2.18. The fourth-order valence-corrected chi connectivity index (χ4v) is 2.29. The zero-order valence-corrected chi connectivity index (χ0v) is 9.11. The van der Waals surface area contributed by atoms with Crippen LogP contribution in [0.15, 0.2) is 29.2 Å². The molecule has 1 aromatic carbocycles. The lowest BCUT2D eigenvalue weighted by Crippen LogP contribution is -2.29. The summed E-state index contributed by atoms with van der Waals surface area (Å²) in [7, 11) is -2.24. The first-order chi connectivity index (χ1) is 6.98. The number of aromatic hydroxyl groups is 1. The van der Waals surface area contributed by atoms with Crippen molar-refractivity contribution in [3.8, 4) is 5.75 Å². The maximum atomic E-state index is 11.8. The summed E-state index contributed by atoms with van der Waals surface area (Å²) in [5.74, 6) is -0.103. The normalized spacial score (nSPS) is 11.9. The van der Waals surface area contributed by atoms with Gasteiger partial charge in [0.15, 0.2) is 0 Å². The van der Waals surface area contributed by atoms with E-state index in [0.717, 1.165) is 4.31 Å². The molecule has 0 fully saturated rings. The topological polar surface area (TPSA) is 77.8 Å². The van der Waals surface area contributed by atoms with Crippen LogP contribution in [0.25, 0.3) is 0 Å². The van der Waals surface area contributed by atoms with Crippen LogP contribution >= 0.6 is 0 Å². The van der Waals surface area contributed by atoms with Crippen LogP contribution in [-0.2, 0) is 10.0 Å². The maximum Gasteiger partial charge on any atom is 0.243 e. The highest BCUT2D eigenvalue weighted by molar-refractivity contribution is 7.89. The highest BCUT2D eigenvalue weighted by Gasteiger charge is 2.20. The van der Waals surface area contributed by atoms with Crippen molar-refractivity contribution in [2.75, 3.05) is 20.2 Å². The number of rotatable bonds is 4. The Morgan fingerprint density at radius 1 is 1.40 bits per heavy atom. The Labute approximate surface area is 88.6 Å². The summed E-state index contributed by atoms with van der Waals surface area (Å²) in [6, 6.07) is 5.41. The van der Waals surface area contributed by atoms with Crippen LogP contribution in [0, 0.1) is 0 Å². The Morgan fingerprint density at radius 3 is 2.60 bits per heavy atom. The summed E-state index contributed by atoms with van der Waals surface area (Å²) < 4.78 is 24.6. The Hall–Kier alpha value is -1.11. The van der Waals surface area contributed by atoms with Gasteiger partial charge in [-0.2, -0.15) is 4.31 Å². The lowest BCUT2D eigenvalue weighted by molar-refractivity contribution is 0.266. The van der Waals surface area contributed by atoms with Crippen LogP contribution in [0.1, 0.15) is 0 Å². The van der Waals surface area contributed by atoms with E-state index in [4.69, 9.17) is 10.2 Å². The van der Waals surface area contributed by atoms with E-state index in [1.165, 1.54) is 31.3 Å². The van der Waals surface area contributed by atoms with Gasteiger partial charge in [0.1, 0.15) is 5.75 Å². The smallest absolute Gasteiger partial charge is 0.243 e. The van der Waals surface area contributed by atoms with Crippen molar-refractivity contribution in [2.24, 2.45) is 0 Å². The molecule has 2 N–H and O–H groups in total. The van der Waals surface area contributed by atoms with Gasteiger partial charge in [0.25, 0.3) is 0 Å². The van der Waals surface area contributed by atoms with Gasteiger partial charge in [0, 0.05) is 13.6 Å². The van der Waals surface area contributed by atoms with E-state index in [2.05, 4.69) is 0 Å².